The summed E-state index contributed by atoms with van der Waals surface area (Å²) in [5.41, 5.74) is 0. The maximum atomic E-state index is 8.87. The average Bonchev–Trinajstić information content (AvgIpc) is 3.08. The molecule has 2 saturated heterocycles. The SMILES string of the molecule is N=C1C2CCCCCCCCC2N2C3CCCCCCCC3C(=N)N12. The number of fused-ring (bicyclic) bond motifs is 5. The lowest BCUT2D eigenvalue weighted by molar-refractivity contribution is 0.0378. The molecule has 2 aliphatic heterocycles. The first-order valence-electron chi connectivity index (χ1n) is 11.0. The predicted molar refractivity (Wildman–Crippen MR) is 103 cm³/mol. The monoisotopic (exact) mass is 344 g/mol. The van der Waals surface area contributed by atoms with Crippen molar-refractivity contribution in [1.82, 2.24) is 10.0 Å². The molecule has 0 aromatic rings. The van der Waals surface area contributed by atoms with E-state index in [2.05, 4.69) is 10.0 Å². The highest BCUT2D eigenvalue weighted by molar-refractivity contribution is 6.03. The molecule has 4 unspecified atom stereocenters. The second kappa shape index (κ2) is 7.77. The molecule has 4 rings (SSSR count). The van der Waals surface area contributed by atoms with Crippen LogP contribution in [0, 0.1) is 22.7 Å². The molecule has 2 aliphatic carbocycles. The maximum absolute atomic E-state index is 8.87. The third-order valence-corrected chi connectivity index (χ3v) is 7.28. The number of amidine groups is 2. The van der Waals surface area contributed by atoms with Gasteiger partial charge in [0.15, 0.2) is 0 Å². The van der Waals surface area contributed by atoms with Crippen LogP contribution in [0.3, 0.4) is 0 Å². The Labute approximate surface area is 153 Å². The van der Waals surface area contributed by atoms with Crippen LogP contribution in [-0.4, -0.2) is 33.8 Å². The van der Waals surface area contributed by atoms with Crippen molar-refractivity contribution in [2.75, 3.05) is 0 Å². The van der Waals surface area contributed by atoms with Gasteiger partial charge in [0, 0.05) is 23.9 Å². The lowest BCUT2D eigenvalue weighted by Gasteiger charge is -2.33. The van der Waals surface area contributed by atoms with Crippen LogP contribution in [0.5, 0.6) is 0 Å². The second-order valence-electron chi connectivity index (χ2n) is 8.85. The third kappa shape index (κ3) is 3.27. The molecule has 0 aromatic carbocycles. The lowest BCUT2D eigenvalue weighted by atomic mass is 9.84. The number of hydrazine groups is 1. The molecule has 4 nitrogen and oxygen atoms in total. The van der Waals surface area contributed by atoms with E-state index in [1.165, 1.54) is 96.3 Å². The van der Waals surface area contributed by atoms with E-state index in [1.807, 2.05) is 0 Å². The van der Waals surface area contributed by atoms with E-state index in [-0.39, 0.29) is 0 Å². The molecular formula is C21H36N4. The summed E-state index contributed by atoms with van der Waals surface area (Å²) in [6.07, 6.45) is 19.5. The Hall–Kier alpha value is -0.900. The number of hydrogen-bond donors (Lipinski definition) is 2. The molecule has 2 N–H and O–H groups in total. The summed E-state index contributed by atoms with van der Waals surface area (Å²) in [6.45, 7) is 0. The molecule has 0 bridgehead atoms. The smallest absolute Gasteiger partial charge is 0.122 e. The Morgan fingerprint density at radius 1 is 0.520 bits per heavy atom. The van der Waals surface area contributed by atoms with E-state index < -0.39 is 0 Å². The fourth-order valence-corrected chi connectivity index (χ4v) is 5.97. The minimum Gasteiger partial charge on any atom is -0.287 e. The van der Waals surface area contributed by atoms with E-state index in [4.69, 9.17) is 10.8 Å². The summed E-state index contributed by atoms with van der Waals surface area (Å²) < 4.78 is 0. The van der Waals surface area contributed by atoms with Crippen molar-refractivity contribution >= 4 is 11.7 Å². The lowest BCUT2D eigenvalue weighted by Crippen LogP contribution is -2.43. The molecule has 0 spiro atoms. The van der Waals surface area contributed by atoms with Crippen molar-refractivity contribution in [2.24, 2.45) is 11.8 Å². The Kier molecular flexibility index (Phi) is 5.44. The number of nitrogens with zero attached hydrogens (tertiary/aromatic N) is 2. The second-order valence-corrected chi connectivity index (χ2v) is 8.85. The zero-order chi connectivity index (χ0) is 17.2. The molecule has 4 fully saturated rings. The van der Waals surface area contributed by atoms with Crippen molar-refractivity contribution in [2.45, 2.75) is 108 Å². The van der Waals surface area contributed by atoms with Gasteiger partial charge in [-0.1, -0.05) is 70.6 Å². The van der Waals surface area contributed by atoms with Crippen LogP contribution in [0.4, 0.5) is 0 Å². The summed E-state index contributed by atoms with van der Waals surface area (Å²) in [5.74, 6) is 2.29. The zero-order valence-corrected chi connectivity index (χ0v) is 15.8. The molecule has 25 heavy (non-hydrogen) atoms. The number of nitrogens with one attached hydrogen (secondary N) is 2. The summed E-state index contributed by atoms with van der Waals surface area (Å²) >= 11 is 0. The molecule has 2 heterocycles. The van der Waals surface area contributed by atoms with Crippen molar-refractivity contribution in [1.29, 1.82) is 10.8 Å². The predicted octanol–water partition coefficient (Wildman–Crippen LogP) is 5.34. The molecule has 140 valence electrons. The molecule has 0 amide bonds. The van der Waals surface area contributed by atoms with Gasteiger partial charge in [0.05, 0.1) is 0 Å². The van der Waals surface area contributed by atoms with Gasteiger partial charge in [-0.05, 0) is 25.7 Å². The van der Waals surface area contributed by atoms with Gasteiger partial charge in [0.2, 0.25) is 0 Å². The van der Waals surface area contributed by atoms with Gasteiger partial charge in [-0.15, -0.1) is 0 Å². The highest BCUT2D eigenvalue weighted by atomic mass is 15.7. The van der Waals surface area contributed by atoms with E-state index in [1.54, 1.807) is 0 Å². The van der Waals surface area contributed by atoms with Gasteiger partial charge in [-0.2, -0.15) is 0 Å². The fourth-order valence-electron chi connectivity index (χ4n) is 5.97. The van der Waals surface area contributed by atoms with E-state index in [9.17, 15) is 0 Å². The van der Waals surface area contributed by atoms with Crippen LogP contribution in [0.1, 0.15) is 96.3 Å². The highest BCUT2D eigenvalue weighted by Gasteiger charge is 2.55. The minimum atomic E-state index is 0.382. The molecule has 0 aromatic heterocycles. The Bertz CT molecular complexity index is 502. The minimum absolute atomic E-state index is 0.382. The van der Waals surface area contributed by atoms with Crippen LogP contribution in [0.2, 0.25) is 0 Å². The number of hydrogen-bond acceptors (Lipinski definition) is 3. The number of rotatable bonds is 0. The van der Waals surface area contributed by atoms with Gasteiger partial charge in [0.25, 0.3) is 0 Å². The maximum Gasteiger partial charge on any atom is 0.122 e. The molecule has 0 radical (unpaired) electrons. The molecule has 4 aliphatic rings. The third-order valence-electron chi connectivity index (χ3n) is 7.28. The quantitative estimate of drug-likeness (QED) is 0.623. The van der Waals surface area contributed by atoms with Gasteiger partial charge < -0.3 is 0 Å². The topological polar surface area (TPSA) is 54.2 Å². The van der Waals surface area contributed by atoms with Gasteiger partial charge in [0.1, 0.15) is 11.7 Å². The van der Waals surface area contributed by atoms with Crippen LogP contribution in [-0.2, 0) is 0 Å². The van der Waals surface area contributed by atoms with E-state index in [0.29, 0.717) is 23.9 Å². The van der Waals surface area contributed by atoms with E-state index in [0.717, 1.165) is 11.7 Å². The molecule has 4 heteroatoms. The first kappa shape index (κ1) is 17.5. The van der Waals surface area contributed by atoms with Crippen LogP contribution in [0.25, 0.3) is 0 Å². The fraction of sp³-hybridized carbons (Fsp3) is 0.905. The van der Waals surface area contributed by atoms with Crippen molar-refractivity contribution in [3.63, 3.8) is 0 Å². The normalized spacial score (nSPS) is 38.3. The Morgan fingerprint density at radius 3 is 1.32 bits per heavy atom. The van der Waals surface area contributed by atoms with Crippen LogP contribution in [0.15, 0.2) is 0 Å². The standard InChI is InChI=1S/C21H36N4/c22-20-16-12-8-4-1-2-6-10-14-18(16)24-19-15-11-7-3-5-9-13-17(19)21(23)25(20)24/h16-19,22-23H,1-15H2. The van der Waals surface area contributed by atoms with Gasteiger partial charge in [-0.3, -0.25) is 10.8 Å². The molecular weight excluding hydrogens is 308 g/mol. The summed E-state index contributed by atoms with van der Waals surface area (Å²) in [5, 5.41) is 22.4. The van der Waals surface area contributed by atoms with Crippen LogP contribution >= 0.6 is 0 Å². The van der Waals surface area contributed by atoms with Gasteiger partial charge in [-0.25, -0.2) is 10.0 Å². The first-order valence-corrected chi connectivity index (χ1v) is 11.0. The molecule has 2 saturated carbocycles. The summed E-state index contributed by atoms with van der Waals surface area (Å²) in [4.78, 5) is 0. The van der Waals surface area contributed by atoms with Crippen LogP contribution < -0.4 is 0 Å². The van der Waals surface area contributed by atoms with Crippen molar-refractivity contribution in [3.05, 3.63) is 0 Å². The zero-order valence-electron chi connectivity index (χ0n) is 15.8. The highest BCUT2D eigenvalue weighted by Crippen LogP contribution is 2.45. The van der Waals surface area contributed by atoms with Crippen molar-refractivity contribution < 1.29 is 0 Å². The van der Waals surface area contributed by atoms with Gasteiger partial charge >= 0.3 is 0 Å². The Balaban J connectivity index is 1.60. The summed E-state index contributed by atoms with van der Waals surface area (Å²) in [7, 11) is 0. The summed E-state index contributed by atoms with van der Waals surface area (Å²) in [6, 6.07) is 1.01. The Morgan fingerprint density at radius 2 is 0.880 bits per heavy atom. The average molecular weight is 345 g/mol. The largest absolute Gasteiger partial charge is 0.287 e. The van der Waals surface area contributed by atoms with E-state index >= 15 is 0 Å². The first-order chi connectivity index (χ1) is 12.3. The van der Waals surface area contributed by atoms with Crippen molar-refractivity contribution in [3.8, 4) is 0 Å². The molecule has 4 atom stereocenters.